The summed E-state index contributed by atoms with van der Waals surface area (Å²) in [6.45, 7) is 2.16. The second kappa shape index (κ2) is 9.45. The van der Waals surface area contributed by atoms with Gasteiger partial charge in [-0.15, -0.1) is 0 Å². The molecule has 1 atom stereocenters. The molecule has 0 radical (unpaired) electrons. The fourth-order valence-electron chi connectivity index (χ4n) is 1.38. The number of rotatable bonds is 9. The topological polar surface area (TPSA) is 17.1 Å². The monoisotopic (exact) mass is 222 g/mol. The molecule has 0 saturated heterocycles. The maximum Gasteiger partial charge on any atom is 0.221 e. The Labute approximate surface area is 91.0 Å². The molecule has 0 heterocycles. The van der Waals surface area contributed by atoms with Gasteiger partial charge in [0.25, 0.3) is 0 Å². The van der Waals surface area contributed by atoms with Crippen LogP contribution in [0.15, 0.2) is 0 Å². The molecule has 0 aromatic rings. The Morgan fingerprint density at radius 3 is 2.43 bits per heavy atom. The number of hydrogen-bond acceptors (Lipinski definition) is 1. The molecule has 0 amide bonds. The van der Waals surface area contributed by atoms with Crippen LogP contribution in [0.25, 0.3) is 0 Å². The lowest BCUT2D eigenvalue weighted by molar-refractivity contribution is -0.112. The molecule has 0 aliphatic rings. The molecule has 0 fully saturated rings. The van der Waals surface area contributed by atoms with Crippen LogP contribution in [0.2, 0.25) is 0 Å². The summed E-state index contributed by atoms with van der Waals surface area (Å²) in [7, 11) is 0. The molecular weight excluding hydrogens is 203 g/mol. The summed E-state index contributed by atoms with van der Waals surface area (Å²) in [4.78, 5) is 10.4. The van der Waals surface area contributed by atoms with E-state index in [1.165, 1.54) is 19.3 Å². The molecule has 0 spiro atoms. The van der Waals surface area contributed by atoms with Gasteiger partial charge in [-0.2, -0.15) is 0 Å². The minimum absolute atomic E-state index is 0.164. The first kappa shape index (κ1) is 13.9. The smallest absolute Gasteiger partial charge is 0.221 e. The van der Waals surface area contributed by atoms with Crippen LogP contribution in [-0.2, 0) is 4.79 Å². The van der Waals surface area contributed by atoms with Crippen molar-refractivity contribution in [2.45, 2.75) is 64.5 Å². The lowest BCUT2D eigenvalue weighted by atomic mass is 10.1. The van der Waals surface area contributed by atoms with Crippen molar-refractivity contribution >= 4 is 16.8 Å². The van der Waals surface area contributed by atoms with Gasteiger partial charge in [0.15, 0.2) is 0 Å². The molecule has 0 saturated carbocycles. The van der Waals surface area contributed by atoms with E-state index in [2.05, 4.69) is 6.92 Å². The zero-order chi connectivity index (χ0) is 10.8. The van der Waals surface area contributed by atoms with Gasteiger partial charge in [0.1, 0.15) is 6.17 Å². The quantitative estimate of drug-likeness (QED) is 0.422. The Kier molecular flexibility index (Phi) is 9.37. The summed E-state index contributed by atoms with van der Waals surface area (Å²) >= 11 is 5.12. The molecule has 0 aliphatic heterocycles. The third kappa shape index (κ3) is 9.97. The Morgan fingerprint density at radius 2 is 1.86 bits per heavy atom. The fraction of sp³-hybridized carbons (Fsp3) is 0.909. The highest BCUT2D eigenvalue weighted by Crippen LogP contribution is 2.13. The molecule has 0 rings (SSSR count). The third-order valence-corrected chi connectivity index (χ3v) is 2.46. The van der Waals surface area contributed by atoms with Crippen molar-refractivity contribution in [3.63, 3.8) is 0 Å². The average molecular weight is 223 g/mol. The van der Waals surface area contributed by atoms with E-state index in [0.717, 1.165) is 12.8 Å². The van der Waals surface area contributed by atoms with Gasteiger partial charge in [-0.3, -0.25) is 4.79 Å². The highest BCUT2D eigenvalue weighted by Gasteiger charge is 2.07. The summed E-state index contributed by atoms with van der Waals surface area (Å²) in [5.41, 5.74) is 0. The van der Waals surface area contributed by atoms with E-state index in [1.807, 2.05) is 0 Å². The van der Waals surface area contributed by atoms with E-state index in [1.54, 1.807) is 0 Å². The molecule has 0 aromatic heterocycles. The van der Waals surface area contributed by atoms with Crippen molar-refractivity contribution in [2.75, 3.05) is 0 Å². The van der Waals surface area contributed by atoms with E-state index in [4.69, 9.17) is 11.6 Å². The predicted octanol–water partition coefficient (Wildman–Crippen LogP) is 4.23. The molecule has 84 valence electrons. The van der Waals surface area contributed by atoms with Crippen LogP contribution < -0.4 is 0 Å². The van der Waals surface area contributed by atoms with Gasteiger partial charge in [-0.05, 0) is 24.4 Å². The van der Waals surface area contributed by atoms with Crippen LogP contribution in [0.1, 0.15) is 58.3 Å². The first-order chi connectivity index (χ1) is 6.66. The number of halogens is 2. The third-order valence-electron chi connectivity index (χ3n) is 2.28. The first-order valence-electron chi connectivity index (χ1n) is 5.49. The van der Waals surface area contributed by atoms with Gasteiger partial charge in [0.05, 0.1) is 0 Å². The standard InChI is InChI=1S/C11H20ClFO/c1-2-3-4-5-6-7-10(13)8-9-11(12)14/h10H,2-9H2,1H3. The summed E-state index contributed by atoms with van der Waals surface area (Å²) in [5, 5.41) is -0.432. The van der Waals surface area contributed by atoms with Crippen LogP contribution in [0, 0.1) is 0 Å². The summed E-state index contributed by atoms with van der Waals surface area (Å²) in [6.07, 6.45) is 5.84. The second-order valence-corrected chi connectivity index (χ2v) is 4.12. The van der Waals surface area contributed by atoms with E-state index in [9.17, 15) is 9.18 Å². The zero-order valence-electron chi connectivity index (χ0n) is 8.90. The largest absolute Gasteiger partial charge is 0.281 e. The van der Waals surface area contributed by atoms with Crippen molar-refractivity contribution in [2.24, 2.45) is 0 Å². The van der Waals surface area contributed by atoms with Crippen molar-refractivity contribution in [3.8, 4) is 0 Å². The highest BCUT2D eigenvalue weighted by atomic mass is 35.5. The summed E-state index contributed by atoms with van der Waals surface area (Å²) in [5.74, 6) is 0. The van der Waals surface area contributed by atoms with Crippen LogP contribution >= 0.6 is 11.6 Å². The van der Waals surface area contributed by atoms with Crippen molar-refractivity contribution < 1.29 is 9.18 Å². The molecular formula is C11H20ClFO. The van der Waals surface area contributed by atoms with Crippen LogP contribution in [-0.4, -0.2) is 11.4 Å². The summed E-state index contributed by atoms with van der Waals surface area (Å²) < 4.78 is 13.1. The number of alkyl halides is 1. The Hall–Kier alpha value is -0.110. The Bertz CT molecular complexity index is 150. The second-order valence-electron chi connectivity index (χ2n) is 3.69. The van der Waals surface area contributed by atoms with Crippen LogP contribution in [0.3, 0.4) is 0 Å². The van der Waals surface area contributed by atoms with Gasteiger partial charge >= 0.3 is 0 Å². The van der Waals surface area contributed by atoms with Gasteiger partial charge in [0, 0.05) is 6.42 Å². The highest BCUT2D eigenvalue weighted by molar-refractivity contribution is 6.63. The number of unbranched alkanes of at least 4 members (excludes halogenated alkanes) is 4. The maximum absolute atomic E-state index is 13.1. The summed E-state index contributed by atoms with van der Waals surface area (Å²) in [6, 6.07) is 0. The molecule has 0 N–H and O–H groups in total. The minimum atomic E-state index is -0.848. The van der Waals surface area contributed by atoms with E-state index < -0.39 is 11.4 Å². The minimum Gasteiger partial charge on any atom is -0.281 e. The molecule has 14 heavy (non-hydrogen) atoms. The maximum atomic E-state index is 13.1. The van der Waals surface area contributed by atoms with Crippen molar-refractivity contribution in [1.82, 2.24) is 0 Å². The van der Waals surface area contributed by atoms with Crippen LogP contribution in [0.4, 0.5) is 4.39 Å². The fourth-order valence-corrected chi connectivity index (χ4v) is 1.49. The predicted molar refractivity (Wildman–Crippen MR) is 58.4 cm³/mol. The normalized spacial score (nSPS) is 12.8. The van der Waals surface area contributed by atoms with Crippen molar-refractivity contribution in [3.05, 3.63) is 0 Å². The van der Waals surface area contributed by atoms with E-state index in [0.29, 0.717) is 6.42 Å². The number of hydrogen-bond donors (Lipinski definition) is 0. The molecule has 0 aromatic carbocycles. The molecule has 1 nitrogen and oxygen atoms in total. The molecule has 1 unspecified atom stereocenters. The molecule has 3 heteroatoms. The van der Waals surface area contributed by atoms with E-state index in [-0.39, 0.29) is 12.8 Å². The lowest BCUT2D eigenvalue weighted by Crippen LogP contribution is -2.02. The first-order valence-corrected chi connectivity index (χ1v) is 5.87. The van der Waals surface area contributed by atoms with Crippen molar-refractivity contribution in [1.29, 1.82) is 0 Å². The number of carbonyl (C=O) groups excluding carboxylic acids is 1. The zero-order valence-corrected chi connectivity index (χ0v) is 9.65. The SMILES string of the molecule is CCCCCCCC(F)CCC(=O)Cl. The number of carbonyl (C=O) groups is 1. The van der Waals surface area contributed by atoms with Gasteiger partial charge < -0.3 is 0 Å². The van der Waals surface area contributed by atoms with Gasteiger partial charge in [-0.25, -0.2) is 4.39 Å². The average Bonchev–Trinajstić information content (AvgIpc) is 2.14. The Balaban J connectivity index is 3.18. The molecule has 0 aliphatic carbocycles. The van der Waals surface area contributed by atoms with Crippen LogP contribution in [0.5, 0.6) is 0 Å². The van der Waals surface area contributed by atoms with Gasteiger partial charge in [-0.1, -0.05) is 39.0 Å². The lowest BCUT2D eigenvalue weighted by Gasteiger charge is -2.05. The Morgan fingerprint density at radius 1 is 1.21 bits per heavy atom. The van der Waals surface area contributed by atoms with Gasteiger partial charge in [0.2, 0.25) is 5.24 Å². The molecule has 0 bridgehead atoms. The van der Waals surface area contributed by atoms with E-state index >= 15 is 0 Å².